The maximum atomic E-state index is 12.9. The lowest BCUT2D eigenvalue weighted by molar-refractivity contribution is -0.187. The Bertz CT molecular complexity index is 657. The SMILES string of the molecule is C=CC(=C)c1ccc2c(c1)OC(C(F)(F)F)C(C(=O)O)=C2. The van der Waals surface area contributed by atoms with Crippen LogP contribution in [0.15, 0.2) is 43.0 Å². The molecule has 3 nitrogen and oxygen atoms in total. The fourth-order valence-corrected chi connectivity index (χ4v) is 1.92. The molecule has 1 aliphatic heterocycles. The van der Waals surface area contributed by atoms with E-state index >= 15 is 0 Å². The highest BCUT2D eigenvalue weighted by atomic mass is 19.4. The van der Waals surface area contributed by atoms with Gasteiger partial charge in [-0.2, -0.15) is 13.2 Å². The molecule has 110 valence electrons. The first-order chi connectivity index (χ1) is 9.74. The van der Waals surface area contributed by atoms with Gasteiger partial charge in [-0.3, -0.25) is 0 Å². The van der Waals surface area contributed by atoms with Crippen molar-refractivity contribution >= 4 is 17.6 Å². The first-order valence-electron chi connectivity index (χ1n) is 5.88. The number of rotatable bonds is 3. The van der Waals surface area contributed by atoms with Crippen LogP contribution in [0.4, 0.5) is 13.2 Å². The highest BCUT2D eigenvalue weighted by molar-refractivity contribution is 5.95. The van der Waals surface area contributed by atoms with E-state index in [9.17, 15) is 18.0 Å². The van der Waals surface area contributed by atoms with Crippen LogP contribution in [0.3, 0.4) is 0 Å². The molecular formula is C15H11F3O3. The van der Waals surface area contributed by atoms with Crippen molar-refractivity contribution in [1.82, 2.24) is 0 Å². The standard InChI is InChI=1S/C15H11F3O3/c1-3-8(2)9-4-5-10-6-11(14(19)20)13(15(16,17)18)21-12(10)7-9/h3-7,13H,1-2H2,(H,19,20). The number of alkyl halides is 3. The largest absolute Gasteiger partial charge is 0.478 e. The molecule has 1 atom stereocenters. The Morgan fingerprint density at radius 3 is 2.57 bits per heavy atom. The van der Waals surface area contributed by atoms with Gasteiger partial charge in [0.15, 0.2) is 0 Å². The van der Waals surface area contributed by atoms with E-state index in [2.05, 4.69) is 13.2 Å². The highest BCUT2D eigenvalue weighted by Gasteiger charge is 2.48. The molecule has 0 aromatic heterocycles. The molecule has 6 heteroatoms. The number of carboxylic acid groups (broad SMARTS) is 1. The van der Waals surface area contributed by atoms with E-state index in [4.69, 9.17) is 9.84 Å². The van der Waals surface area contributed by atoms with Crippen molar-refractivity contribution < 1.29 is 27.8 Å². The Morgan fingerprint density at radius 2 is 2.05 bits per heavy atom. The molecule has 0 spiro atoms. The molecule has 1 heterocycles. The van der Waals surface area contributed by atoms with Gasteiger partial charge in [0, 0.05) is 5.56 Å². The minimum atomic E-state index is -4.81. The van der Waals surface area contributed by atoms with Crippen molar-refractivity contribution in [1.29, 1.82) is 0 Å². The van der Waals surface area contributed by atoms with Crippen molar-refractivity contribution in [3.05, 3.63) is 54.1 Å². The summed E-state index contributed by atoms with van der Waals surface area (Å²) in [5.41, 5.74) is 0.508. The number of halogens is 3. The second kappa shape index (κ2) is 5.12. The van der Waals surface area contributed by atoms with Gasteiger partial charge in [0.1, 0.15) is 5.75 Å². The van der Waals surface area contributed by atoms with Crippen LogP contribution in [0.5, 0.6) is 5.75 Å². The van der Waals surface area contributed by atoms with Gasteiger partial charge in [-0.15, -0.1) is 0 Å². The second-order valence-electron chi connectivity index (χ2n) is 4.43. The van der Waals surface area contributed by atoms with Crippen LogP contribution in [0.25, 0.3) is 11.6 Å². The molecule has 0 bridgehead atoms. The number of benzene rings is 1. The number of allylic oxidation sites excluding steroid dienone is 2. The summed E-state index contributed by atoms with van der Waals surface area (Å²) in [6, 6.07) is 4.47. The van der Waals surface area contributed by atoms with Gasteiger partial charge in [-0.05, 0) is 23.3 Å². The maximum absolute atomic E-state index is 12.9. The molecule has 0 fully saturated rings. The zero-order valence-electron chi connectivity index (χ0n) is 10.8. The molecule has 1 N–H and O–H groups in total. The molecule has 0 saturated carbocycles. The van der Waals surface area contributed by atoms with Crippen LogP contribution in [0.1, 0.15) is 11.1 Å². The molecule has 0 radical (unpaired) electrons. The summed E-state index contributed by atoms with van der Waals surface area (Å²) in [5.74, 6) is -1.70. The number of carbonyl (C=O) groups is 1. The Labute approximate surface area is 118 Å². The maximum Gasteiger partial charge on any atom is 0.430 e. The van der Waals surface area contributed by atoms with Gasteiger partial charge in [0.25, 0.3) is 0 Å². The van der Waals surface area contributed by atoms with E-state index in [1.165, 1.54) is 18.2 Å². The second-order valence-corrected chi connectivity index (χ2v) is 4.43. The van der Waals surface area contributed by atoms with E-state index in [0.717, 1.165) is 6.08 Å². The summed E-state index contributed by atoms with van der Waals surface area (Å²) in [4.78, 5) is 11.0. The molecular weight excluding hydrogens is 285 g/mol. The number of hydrogen-bond acceptors (Lipinski definition) is 2. The van der Waals surface area contributed by atoms with Crippen molar-refractivity contribution in [2.75, 3.05) is 0 Å². The van der Waals surface area contributed by atoms with E-state index < -0.39 is 23.8 Å². The molecule has 1 unspecified atom stereocenters. The molecule has 1 aliphatic rings. The third kappa shape index (κ3) is 2.84. The topological polar surface area (TPSA) is 46.5 Å². The number of carboxylic acids is 1. The van der Waals surface area contributed by atoms with E-state index in [0.29, 0.717) is 11.1 Å². The summed E-state index contributed by atoms with van der Waals surface area (Å²) in [6.07, 6.45) is -4.87. The summed E-state index contributed by atoms with van der Waals surface area (Å²) >= 11 is 0. The fraction of sp³-hybridized carbons (Fsp3) is 0.133. The Hall–Kier alpha value is -2.50. The molecule has 0 aliphatic carbocycles. The lowest BCUT2D eigenvalue weighted by Crippen LogP contribution is -2.40. The van der Waals surface area contributed by atoms with Gasteiger partial charge in [-0.1, -0.05) is 31.4 Å². The average molecular weight is 296 g/mol. The van der Waals surface area contributed by atoms with E-state index in [1.54, 1.807) is 6.07 Å². The summed E-state index contributed by atoms with van der Waals surface area (Å²) in [5, 5.41) is 8.90. The highest BCUT2D eigenvalue weighted by Crippen LogP contribution is 2.38. The monoisotopic (exact) mass is 296 g/mol. The van der Waals surface area contributed by atoms with Crippen molar-refractivity contribution in [2.45, 2.75) is 12.3 Å². The number of hydrogen-bond donors (Lipinski definition) is 1. The fourth-order valence-electron chi connectivity index (χ4n) is 1.92. The van der Waals surface area contributed by atoms with Crippen LogP contribution in [-0.2, 0) is 4.79 Å². The zero-order chi connectivity index (χ0) is 15.8. The average Bonchev–Trinajstić information content (AvgIpc) is 2.43. The van der Waals surface area contributed by atoms with Crippen LogP contribution in [-0.4, -0.2) is 23.4 Å². The molecule has 0 saturated heterocycles. The minimum absolute atomic E-state index is 0.0391. The number of fused-ring (bicyclic) bond motifs is 1. The predicted octanol–water partition coefficient (Wildman–Crippen LogP) is 3.68. The molecule has 1 aromatic rings. The predicted molar refractivity (Wildman–Crippen MR) is 71.8 cm³/mol. The lowest BCUT2D eigenvalue weighted by Gasteiger charge is -2.27. The van der Waals surface area contributed by atoms with Gasteiger partial charge < -0.3 is 9.84 Å². The number of ether oxygens (including phenoxy) is 1. The van der Waals surface area contributed by atoms with Gasteiger partial charge in [0.2, 0.25) is 6.10 Å². The summed E-state index contributed by atoms with van der Waals surface area (Å²) < 4.78 is 43.6. The van der Waals surface area contributed by atoms with E-state index in [1.807, 2.05) is 0 Å². The molecule has 0 amide bonds. The molecule has 21 heavy (non-hydrogen) atoms. The van der Waals surface area contributed by atoms with E-state index in [-0.39, 0.29) is 11.3 Å². The lowest BCUT2D eigenvalue weighted by atomic mass is 9.98. The third-order valence-electron chi connectivity index (χ3n) is 3.01. The number of aliphatic carboxylic acids is 1. The van der Waals surface area contributed by atoms with Crippen LogP contribution in [0.2, 0.25) is 0 Å². The Balaban J connectivity index is 2.53. The van der Waals surface area contributed by atoms with Gasteiger partial charge in [-0.25, -0.2) is 4.79 Å². The van der Waals surface area contributed by atoms with Crippen LogP contribution >= 0.6 is 0 Å². The smallest absolute Gasteiger partial charge is 0.430 e. The van der Waals surface area contributed by atoms with Crippen molar-refractivity contribution in [3.8, 4) is 5.75 Å². The minimum Gasteiger partial charge on any atom is -0.478 e. The molecule has 1 aromatic carbocycles. The summed E-state index contributed by atoms with van der Waals surface area (Å²) in [7, 11) is 0. The Morgan fingerprint density at radius 1 is 1.38 bits per heavy atom. The van der Waals surface area contributed by atoms with Gasteiger partial charge >= 0.3 is 12.1 Å². The van der Waals surface area contributed by atoms with Crippen LogP contribution in [0, 0.1) is 0 Å². The van der Waals surface area contributed by atoms with Crippen molar-refractivity contribution in [2.24, 2.45) is 0 Å². The zero-order valence-corrected chi connectivity index (χ0v) is 10.8. The van der Waals surface area contributed by atoms with Crippen molar-refractivity contribution in [3.63, 3.8) is 0 Å². The third-order valence-corrected chi connectivity index (χ3v) is 3.01. The normalized spacial score (nSPS) is 17.3. The first-order valence-corrected chi connectivity index (χ1v) is 5.88. The van der Waals surface area contributed by atoms with Crippen LogP contribution < -0.4 is 4.74 Å². The quantitative estimate of drug-likeness (QED) is 0.866. The Kier molecular flexibility index (Phi) is 3.63. The van der Waals surface area contributed by atoms with Gasteiger partial charge in [0.05, 0.1) is 5.57 Å². The summed E-state index contributed by atoms with van der Waals surface area (Å²) in [6.45, 7) is 7.23. The first kappa shape index (κ1) is 14.9. The molecule has 2 rings (SSSR count).